The summed E-state index contributed by atoms with van der Waals surface area (Å²) in [6.07, 6.45) is 5.44. The van der Waals surface area contributed by atoms with Gasteiger partial charge in [-0.25, -0.2) is 0 Å². The third-order valence-electron chi connectivity index (χ3n) is 4.67. The molecule has 2 aliphatic rings. The number of amides is 1. The third kappa shape index (κ3) is 2.64. The van der Waals surface area contributed by atoms with Gasteiger partial charge >= 0.3 is 0 Å². The highest BCUT2D eigenvalue weighted by Crippen LogP contribution is 2.47. The van der Waals surface area contributed by atoms with Crippen LogP contribution in [0.25, 0.3) is 0 Å². The van der Waals surface area contributed by atoms with Crippen LogP contribution >= 0.6 is 15.9 Å². The van der Waals surface area contributed by atoms with E-state index in [1.54, 1.807) is 12.1 Å². The molecule has 3 unspecified atom stereocenters. The minimum Gasteiger partial charge on any atom is -0.398 e. The number of carbonyl (C=O) groups excluding carboxylic acids is 1. The smallest absolute Gasteiger partial charge is 0.251 e. The van der Waals surface area contributed by atoms with E-state index in [2.05, 4.69) is 21.2 Å². The number of nitrogens with one attached hydrogen (secondary N) is 1. The van der Waals surface area contributed by atoms with Gasteiger partial charge in [-0.3, -0.25) is 4.79 Å². The summed E-state index contributed by atoms with van der Waals surface area (Å²) in [5, 5.41) is 3.06. The Balaban J connectivity index is 1.57. The third-order valence-corrected chi connectivity index (χ3v) is 5.39. The van der Waals surface area contributed by atoms with E-state index in [9.17, 15) is 4.79 Å². The number of hydrogen-bond donors (Lipinski definition) is 2. The molecule has 0 heterocycles. The molecular weight excluding hydrogens is 304 g/mol. The Morgan fingerprint density at radius 2 is 2.21 bits per heavy atom. The van der Waals surface area contributed by atoms with Gasteiger partial charge in [-0.1, -0.05) is 6.42 Å². The van der Waals surface area contributed by atoms with Gasteiger partial charge in [0.25, 0.3) is 5.91 Å². The molecule has 102 valence electrons. The van der Waals surface area contributed by atoms with Gasteiger partial charge in [0.2, 0.25) is 0 Å². The molecule has 0 radical (unpaired) electrons. The van der Waals surface area contributed by atoms with E-state index in [1.807, 2.05) is 6.07 Å². The fraction of sp³-hybridized carbons (Fsp3) is 0.533. The number of nitrogens with two attached hydrogens (primary N) is 1. The van der Waals surface area contributed by atoms with Crippen LogP contribution in [-0.2, 0) is 0 Å². The lowest BCUT2D eigenvalue weighted by Crippen LogP contribution is -2.31. The van der Waals surface area contributed by atoms with Crippen LogP contribution in [0.2, 0.25) is 0 Å². The topological polar surface area (TPSA) is 55.1 Å². The van der Waals surface area contributed by atoms with E-state index in [0.29, 0.717) is 17.2 Å². The summed E-state index contributed by atoms with van der Waals surface area (Å²) in [5.41, 5.74) is 7.05. The molecule has 0 aromatic heterocycles. The van der Waals surface area contributed by atoms with E-state index in [1.165, 1.54) is 25.7 Å². The average molecular weight is 323 g/mol. The number of carbonyl (C=O) groups is 1. The van der Waals surface area contributed by atoms with E-state index >= 15 is 0 Å². The maximum Gasteiger partial charge on any atom is 0.251 e. The van der Waals surface area contributed by atoms with Crippen LogP contribution in [-0.4, -0.2) is 12.5 Å². The molecule has 0 spiro atoms. The number of nitrogen functional groups attached to an aromatic ring is 1. The second kappa shape index (κ2) is 5.16. The van der Waals surface area contributed by atoms with Crippen molar-refractivity contribution in [1.82, 2.24) is 5.32 Å². The molecule has 1 aromatic carbocycles. The summed E-state index contributed by atoms with van der Waals surface area (Å²) in [5.74, 6) is 2.45. The highest BCUT2D eigenvalue weighted by molar-refractivity contribution is 9.10. The first kappa shape index (κ1) is 13.0. The molecule has 3 nitrogen and oxygen atoms in total. The fourth-order valence-corrected chi connectivity index (χ4v) is 3.88. The van der Waals surface area contributed by atoms with Crippen molar-refractivity contribution in [1.29, 1.82) is 0 Å². The number of fused-ring (bicyclic) bond motifs is 2. The molecule has 19 heavy (non-hydrogen) atoms. The predicted molar refractivity (Wildman–Crippen MR) is 79.8 cm³/mol. The highest BCUT2D eigenvalue weighted by Gasteiger charge is 2.39. The van der Waals surface area contributed by atoms with Crippen molar-refractivity contribution < 1.29 is 4.79 Å². The second-order valence-corrected chi connectivity index (χ2v) is 6.74. The van der Waals surface area contributed by atoms with Crippen molar-refractivity contribution in [3.63, 3.8) is 0 Å². The first-order chi connectivity index (χ1) is 9.13. The predicted octanol–water partition coefficient (Wildman–Crippen LogP) is 3.20. The lowest BCUT2D eigenvalue weighted by molar-refractivity contribution is 0.0942. The number of rotatable bonds is 3. The first-order valence-electron chi connectivity index (χ1n) is 6.96. The summed E-state index contributed by atoms with van der Waals surface area (Å²) in [6.45, 7) is 0.815. The molecule has 2 bridgehead atoms. The highest BCUT2D eigenvalue weighted by atomic mass is 79.9. The zero-order valence-electron chi connectivity index (χ0n) is 10.9. The van der Waals surface area contributed by atoms with Crippen molar-refractivity contribution >= 4 is 27.5 Å². The first-order valence-corrected chi connectivity index (χ1v) is 7.76. The lowest BCUT2D eigenvalue weighted by Gasteiger charge is -2.21. The van der Waals surface area contributed by atoms with E-state index in [-0.39, 0.29) is 5.91 Å². The van der Waals surface area contributed by atoms with Crippen LogP contribution in [0, 0.1) is 17.8 Å². The van der Waals surface area contributed by atoms with E-state index in [4.69, 9.17) is 5.73 Å². The van der Waals surface area contributed by atoms with Gasteiger partial charge in [-0.2, -0.15) is 0 Å². The number of anilines is 1. The van der Waals surface area contributed by atoms with Gasteiger partial charge < -0.3 is 11.1 Å². The molecule has 3 rings (SSSR count). The Hall–Kier alpha value is -1.03. The molecule has 2 aliphatic carbocycles. The van der Waals surface area contributed by atoms with Crippen LogP contribution in [0.3, 0.4) is 0 Å². The maximum atomic E-state index is 12.1. The quantitative estimate of drug-likeness (QED) is 0.839. The Labute approximate surface area is 122 Å². The van der Waals surface area contributed by atoms with Gasteiger partial charge in [0.1, 0.15) is 0 Å². The van der Waals surface area contributed by atoms with Crippen LogP contribution in [0.1, 0.15) is 36.0 Å². The summed E-state index contributed by atoms with van der Waals surface area (Å²) in [4.78, 5) is 12.1. The molecule has 4 heteroatoms. The van der Waals surface area contributed by atoms with Crippen molar-refractivity contribution in [2.75, 3.05) is 12.3 Å². The number of benzene rings is 1. The maximum absolute atomic E-state index is 12.1. The van der Waals surface area contributed by atoms with E-state index < -0.39 is 0 Å². The number of hydrogen-bond acceptors (Lipinski definition) is 2. The standard InChI is InChI=1S/C15H19BrN2O/c16-13-4-3-11(7-14(13)17)15(19)18-8-12-6-9-1-2-10(12)5-9/h3-4,7,9-10,12H,1-2,5-6,8,17H2,(H,18,19). The normalized spacial score (nSPS) is 28.6. The Kier molecular flexibility index (Phi) is 3.52. The van der Waals surface area contributed by atoms with Gasteiger partial charge in [-0.05, 0) is 71.1 Å². The van der Waals surface area contributed by atoms with Crippen LogP contribution in [0.4, 0.5) is 5.69 Å². The molecule has 1 amide bonds. The molecule has 0 saturated heterocycles. The second-order valence-electron chi connectivity index (χ2n) is 5.88. The summed E-state index contributed by atoms with van der Waals surface area (Å²) in [6, 6.07) is 5.35. The largest absolute Gasteiger partial charge is 0.398 e. The molecule has 3 N–H and O–H groups in total. The van der Waals surface area contributed by atoms with Crippen molar-refractivity contribution in [2.24, 2.45) is 17.8 Å². The summed E-state index contributed by atoms with van der Waals surface area (Å²) < 4.78 is 0.831. The van der Waals surface area contributed by atoms with Crippen LogP contribution < -0.4 is 11.1 Å². The average Bonchev–Trinajstić information content (AvgIpc) is 3.01. The zero-order valence-corrected chi connectivity index (χ0v) is 12.4. The van der Waals surface area contributed by atoms with Gasteiger partial charge in [0, 0.05) is 22.3 Å². The lowest BCUT2D eigenvalue weighted by atomic mass is 9.89. The van der Waals surface area contributed by atoms with Crippen molar-refractivity contribution in [2.45, 2.75) is 25.7 Å². The molecule has 2 fully saturated rings. The summed E-state index contributed by atoms with van der Waals surface area (Å²) in [7, 11) is 0. The fourth-order valence-electron chi connectivity index (χ4n) is 3.64. The molecular formula is C15H19BrN2O. The molecule has 1 aromatic rings. The zero-order chi connectivity index (χ0) is 13.4. The van der Waals surface area contributed by atoms with Crippen molar-refractivity contribution in [3.8, 4) is 0 Å². The van der Waals surface area contributed by atoms with Gasteiger partial charge in [-0.15, -0.1) is 0 Å². The minimum atomic E-state index is -0.0121. The van der Waals surface area contributed by atoms with Crippen LogP contribution in [0.15, 0.2) is 22.7 Å². The molecule has 2 saturated carbocycles. The van der Waals surface area contributed by atoms with Crippen molar-refractivity contribution in [3.05, 3.63) is 28.2 Å². The van der Waals surface area contributed by atoms with Gasteiger partial charge in [0.15, 0.2) is 0 Å². The number of halogens is 1. The van der Waals surface area contributed by atoms with Crippen LogP contribution in [0.5, 0.6) is 0 Å². The SMILES string of the molecule is Nc1cc(C(=O)NCC2CC3CCC2C3)ccc1Br. The summed E-state index contributed by atoms with van der Waals surface area (Å²) >= 11 is 3.34. The Morgan fingerprint density at radius 3 is 2.84 bits per heavy atom. The molecule has 3 atom stereocenters. The monoisotopic (exact) mass is 322 g/mol. The molecule has 0 aliphatic heterocycles. The van der Waals surface area contributed by atoms with Gasteiger partial charge in [0.05, 0.1) is 0 Å². The Morgan fingerprint density at radius 1 is 1.37 bits per heavy atom. The minimum absolute atomic E-state index is 0.0121. The van der Waals surface area contributed by atoms with E-state index in [0.717, 1.165) is 22.9 Å². The Bertz CT molecular complexity index is 503.